The Morgan fingerprint density at radius 2 is 2.04 bits per heavy atom. The van der Waals surface area contributed by atoms with E-state index < -0.39 is 0 Å². The summed E-state index contributed by atoms with van der Waals surface area (Å²) >= 11 is 0. The molecule has 0 unspecified atom stereocenters. The monoisotopic (exact) mass is 345 g/mol. The molecule has 2 N–H and O–H groups in total. The van der Waals surface area contributed by atoms with Crippen LogP contribution in [-0.2, 0) is 19.9 Å². The molecule has 2 rings (SSSR count). The Morgan fingerprint density at radius 3 is 2.68 bits per heavy atom. The molecular formula is C19H28FN5. The van der Waals surface area contributed by atoms with Crippen LogP contribution in [0.5, 0.6) is 0 Å². The summed E-state index contributed by atoms with van der Waals surface area (Å²) in [6.07, 6.45) is 1.62. The number of rotatable bonds is 7. The molecule has 5 nitrogen and oxygen atoms in total. The molecule has 0 saturated carbocycles. The highest BCUT2D eigenvalue weighted by molar-refractivity contribution is 5.79. The van der Waals surface area contributed by atoms with E-state index in [0.29, 0.717) is 13.1 Å². The van der Waals surface area contributed by atoms with Gasteiger partial charge in [0.05, 0.1) is 5.69 Å². The summed E-state index contributed by atoms with van der Waals surface area (Å²) in [7, 11) is 1.97. The number of guanidine groups is 1. The zero-order valence-corrected chi connectivity index (χ0v) is 15.6. The van der Waals surface area contributed by atoms with E-state index in [1.54, 1.807) is 12.1 Å². The number of hydrogen-bond acceptors (Lipinski definition) is 2. The zero-order valence-electron chi connectivity index (χ0n) is 15.6. The van der Waals surface area contributed by atoms with Crippen molar-refractivity contribution in [3.05, 3.63) is 52.6 Å². The molecule has 25 heavy (non-hydrogen) atoms. The number of hydrogen-bond donors (Lipinski definition) is 2. The van der Waals surface area contributed by atoms with E-state index in [4.69, 9.17) is 0 Å². The first kappa shape index (κ1) is 19.0. The summed E-state index contributed by atoms with van der Waals surface area (Å²) in [5, 5.41) is 11.0. The third-order valence-corrected chi connectivity index (χ3v) is 4.23. The Hall–Kier alpha value is -2.37. The summed E-state index contributed by atoms with van der Waals surface area (Å²) in [6.45, 7) is 8.37. The van der Waals surface area contributed by atoms with Gasteiger partial charge in [-0.3, -0.25) is 9.67 Å². The van der Waals surface area contributed by atoms with Crippen molar-refractivity contribution < 1.29 is 4.39 Å². The average Bonchev–Trinajstić information content (AvgIpc) is 2.81. The fraction of sp³-hybridized carbons (Fsp3) is 0.474. The normalized spacial score (nSPS) is 11.6. The molecule has 1 aromatic heterocycles. The molecule has 136 valence electrons. The number of aromatic nitrogens is 2. The highest BCUT2D eigenvalue weighted by atomic mass is 19.1. The first-order valence-corrected chi connectivity index (χ1v) is 8.77. The topological polar surface area (TPSA) is 54.2 Å². The third kappa shape index (κ3) is 5.59. The number of nitrogens with zero attached hydrogens (tertiary/aromatic N) is 3. The molecule has 2 aromatic rings. The first-order valence-electron chi connectivity index (χ1n) is 8.77. The Kier molecular flexibility index (Phi) is 6.98. The molecular weight excluding hydrogens is 317 g/mol. The summed E-state index contributed by atoms with van der Waals surface area (Å²) < 4.78 is 15.1. The Morgan fingerprint density at radius 1 is 1.24 bits per heavy atom. The number of nitrogens with one attached hydrogen (secondary N) is 2. The largest absolute Gasteiger partial charge is 0.357 e. The molecule has 0 saturated heterocycles. The van der Waals surface area contributed by atoms with Crippen molar-refractivity contribution in [3.63, 3.8) is 0 Å². The summed E-state index contributed by atoms with van der Waals surface area (Å²) in [4.78, 5) is 4.63. The second-order valence-corrected chi connectivity index (χ2v) is 6.09. The molecule has 0 spiro atoms. The minimum atomic E-state index is -0.194. The number of aryl methyl sites for hydroxylation is 2. The van der Waals surface area contributed by atoms with Crippen LogP contribution in [0.2, 0.25) is 0 Å². The van der Waals surface area contributed by atoms with Crippen molar-refractivity contribution in [2.24, 2.45) is 12.0 Å². The van der Waals surface area contributed by atoms with Crippen LogP contribution < -0.4 is 10.6 Å². The lowest BCUT2D eigenvalue weighted by Gasteiger charge is -2.11. The van der Waals surface area contributed by atoms with Crippen molar-refractivity contribution in [1.82, 2.24) is 20.4 Å². The van der Waals surface area contributed by atoms with Gasteiger partial charge in [0.1, 0.15) is 5.82 Å². The van der Waals surface area contributed by atoms with Crippen molar-refractivity contribution in [2.75, 3.05) is 19.6 Å². The van der Waals surface area contributed by atoms with E-state index in [1.807, 2.05) is 31.6 Å². The van der Waals surface area contributed by atoms with E-state index in [1.165, 1.54) is 17.3 Å². The lowest BCUT2D eigenvalue weighted by atomic mass is 10.1. The van der Waals surface area contributed by atoms with Crippen LogP contribution in [0.4, 0.5) is 4.39 Å². The minimum absolute atomic E-state index is 0.194. The molecule has 6 heteroatoms. The van der Waals surface area contributed by atoms with Crippen LogP contribution in [0.15, 0.2) is 29.3 Å². The van der Waals surface area contributed by atoms with Gasteiger partial charge in [-0.05, 0) is 56.9 Å². The van der Waals surface area contributed by atoms with Crippen LogP contribution >= 0.6 is 0 Å². The van der Waals surface area contributed by atoms with Gasteiger partial charge in [0, 0.05) is 32.4 Å². The highest BCUT2D eigenvalue weighted by Crippen LogP contribution is 2.12. The van der Waals surface area contributed by atoms with Gasteiger partial charge in [-0.1, -0.05) is 12.1 Å². The molecule has 0 radical (unpaired) electrons. The minimum Gasteiger partial charge on any atom is -0.357 e. The van der Waals surface area contributed by atoms with E-state index in [-0.39, 0.29) is 5.82 Å². The van der Waals surface area contributed by atoms with Crippen LogP contribution in [0.25, 0.3) is 0 Å². The Balaban J connectivity index is 1.87. The van der Waals surface area contributed by atoms with Gasteiger partial charge >= 0.3 is 0 Å². The van der Waals surface area contributed by atoms with E-state index >= 15 is 0 Å². The maximum absolute atomic E-state index is 13.2. The molecule has 0 bridgehead atoms. The van der Waals surface area contributed by atoms with Gasteiger partial charge in [0.15, 0.2) is 5.96 Å². The van der Waals surface area contributed by atoms with Gasteiger partial charge in [0.25, 0.3) is 0 Å². The molecule has 0 aliphatic carbocycles. The molecule has 1 heterocycles. The fourth-order valence-corrected chi connectivity index (χ4v) is 2.82. The van der Waals surface area contributed by atoms with Crippen LogP contribution in [-0.4, -0.2) is 35.4 Å². The zero-order chi connectivity index (χ0) is 18.2. The SMILES string of the molecule is CCNC(=NCCc1c(C)nn(C)c1C)NCCc1cccc(F)c1. The van der Waals surface area contributed by atoms with Crippen molar-refractivity contribution >= 4 is 5.96 Å². The van der Waals surface area contributed by atoms with Crippen LogP contribution in [0.3, 0.4) is 0 Å². The number of benzene rings is 1. The van der Waals surface area contributed by atoms with Gasteiger partial charge in [-0.25, -0.2) is 4.39 Å². The first-order chi connectivity index (χ1) is 12.0. The van der Waals surface area contributed by atoms with Gasteiger partial charge < -0.3 is 10.6 Å². The molecule has 0 aliphatic rings. The summed E-state index contributed by atoms with van der Waals surface area (Å²) in [5.74, 6) is 0.596. The summed E-state index contributed by atoms with van der Waals surface area (Å²) in [6, 6.07) is 6.70. The van der Waals surface area contributed by atoms with Crippen molar-refractivity contribution in [1.29, 1.82) is 0 Å². The predicted octanol–water partition coefficient (Wildman–Crippen LogP) is 2.52. The fourth-order valence-electron chi connectivity index (χ4n) is 2.82. The average molecular weight is 345 g/mol. The van der Waals surface area contributed by atoms with E-state index in [0.717, 1.165) is 36.6 Å². The van der Waals surface area contributed by atoms with Gasteiger partial charge in [-0.2, -0.15) is 5.10 Å². The second-order valence-electron chi connectivity index (χ2n) is 6.09. The molecule has 0 atom stereocenters. The Bertz CT molecular complexity index is 721. The molecule has 0 aliphatic heterocycles. The van der Waals surface area contributed by atoms with Crippen molar-refractivity contribution in [2.45, 2.75) is 33.6 Å². The lowest BCUT2D eigenvalue weighted by Crippen LogP contribution is -2.38. The smallest absolute Gasteiger partial charge is 0.191 e. The standard InChI is InChI=1S/C19H28FN5/c1-5-21-19(22-11-9-16-7-6-8-17(20)13-16)23-12-10-18-14(2)24-25(4)15(18)3/h6-8,13H,5,9-12H2,1-4H3,(H2,21,22,23). The van der Waals surface area contributed by atoms with Crippen molar-refractivity contribution in [3.8, 4) is 0 Å². The second kappa shape index (κ2) is 9.20. The van der Waals surface area contributed by atoms with Gasteiger partial charge in [0.2, 0.25) is 0 Å². The van der Waals surface area contributed by atoms with E-state index in [2.05, 4.69) is 27.6 Å². The predicted molar refractivity (Wildman–Crippen MR) is 100 cm³/mol. The van der Waals surface area contributed by atoms with Crippen LogP contribution in [0.1, 0.15) is 29.4 Å². The van der Waals surface area contributed by atoms with Crippen LogP contribution in [0, 0.1) is 19.7 Å². The summed E-state index contributed by atoms with van der Waals surface area (Å²) in [5.41, 5.74) is 4.50. The number of aliphatic imine (C=N–C) groups is 1. The van der Waals surface area contributed by atoms with Gasteiger partial charge in [-0.15, -0.1) is 0 Å². The molecule has 0 fully saturated rings. The lowest BCUT2D eigenvalue weighted by molar-refractivity contribution is 0.625. The quantitative estimate of drug-likeness (QED) is 0.599. The number of halogens is 1. The molecule has 1 aromatic carbocycles. The maximum atomic E-state index is 13.2. The molecule has 0 amide bonds. The highest BCUT2D eigenvalue weighted by Gasteiger charge is 2.08. The van der Waals surface area contributed by atoms with E-state index in [9.17, 15) is 4.39 Å². The Labute approximate surface area is 149 Å². The third-order valence-electron chi connectivity index (χ3n) is 4.23. The maximum Gasteiger partial charge on any atom is 0.191 e.